The summed E-state index contributed by atoms with van der Waals surface area (Å²) in [7, 11) is 1.60. The van der Waals surface area contributed by atoms with Crippen molar-refractivity contribution in [3.8, 4) is 0 Å². The van der Waals surface area contributed by atoms with Crippen molar-refractivity contribution in [3.05, 3.63) is 34.3 Å². The van der Waals surface area contributed by atoms with Crippen molar-refractivity contribution in [1.82, 2.24) is 0 Å². The van der Waals surface area contributed by atoms with Gasteiger partial charge in [0.15, 0.2) is 0 Å². The lowest BCUT2D eigenvalue weighted by Gasteiger charge is -2.08. The van der Waals surface area contributed by atoms with Gasteiger partial charge >= 0.3 is 0 Å². The van der Waals surface area contributed by atoms with Crippen molar-refractivity contribution in [2.45, 2.75) is 18.9 Å². The van der Waals surface area contributed by atoms with Gasteiger partial charge in [-0.05, 0) is 30.5 Å². The molecule has 0 fully saturated rings. The molecule has 0 radical (unpaired) electrons. The number of ether oxygens (including phenoxy) is 1. The minimum atomic E-state index is -0.358. The fraction of sp³-hybridized carbons (Fsp3) is 0.455. The quantitative estimate of drug-likeness (QED) is 0.879. The molecule has 0 aromatic heterocycles. The van der Waals surface area contributed by atoms with E-state index in [1.54, 1.807) is 7.11 Å². The Morgan fingerprint density at radius 2 is 2.00 bits per heavy atom. The van der Waals surface area contributed by atoms with Crippen molar-refractivity contribution >= 4 is 15.9 Å². The molecule has 0 aliphatic carbocycles. The second kappa shape index (κ2) is 6.17. The predicted molar refractivity (Wildman–Crippen MR) is 60.3 cm³/mol. The molecule has 0 spiro atoms. The lowest BCUT2D eigenvalue weighted by molar-refractivity contribution is 0.0595. The fourth-order valence-electron chi connectivity index (χ4n) is 1.26. The fourth-order valence-corrected chi connectivity index (χ4v) is 1.52. The molecule has 1 N–H and O–H groups in total. The van der Waals surface area contributed by atoms with E-state index in [9.17, 15) is 5.11 Å². The van der Waals surface area contributed by atoms with Gasteiger partial charge in [-0.25, -0.2) is 0 Å². The first-order chi connectivity index (χ1) is 6.72. The molecule has 1 rings (SSSR count). The van der Waals surface area contributed by atoms with E-state index in [0.717, 1.165) is 17.3 Å². The maximum absolute atomic E-state index is 9.43. The van der Waals surface area contributed by atoms with Crippen LogP contribution in [0.4, 0.5) is 0 Å². The Kier molecular flexibility index (Phi) is 5.15. The van der Waals surface area contributed by atoms with Gasteiger partial charge in [0.2, 0.25) is 0 Å². The lowest BCUT2D eigenvalue weighted by atomic mass is 10.1. The van der Waals surface area contributed by atoms with Crippen LogP contribution in [0, 0.1) is 0 Å². The molecule has 0 saturated heterocycles. The second-order valence-electron chi connectivity index (χ2n) is 3.27. The Balaban J connectivity index is 2.34. The molecule has 78 valence electrons. The molecule has 2 nitrogen and oxygen atoms in total. The lowest BCUT2D eigenvalue weighted by Crippen LogP contribution is -2.14. The number of hydrogen-bond donors (Lipinski definition) is 1. The largest absolute Gasteiger partial charge is 0.391 e. The first kappa shape index (κ1) is 11.7. The van der Waals surface area contributed by atoms with Crippen molar-refractivity contribution in [2.75, 3.05) is 13.7 Å². The monoisotopic (exact) mass is 258 g/mol. The summed E-state index contributed by atoms with van der Waals surface area (Å²) in [6, 6.07) is 8.14. The van der Waals surface area contributed by atoms with Crippen molar-refractivity contribution < 1.29 is 9.84 Å². The standard InChI is InChI=1S/C11H15BrO2/c1-14-8-11(13)7-4-9-2-5-10(12)6-3-9/h2-3,5-6,11,13H,4,7-8H2,1H3. The third kappa shape index (κ3) is 4.22. The highest BCUT2D eigenvalue weighted by Gasteiger charge is 2.03. The van der Waals surface area contributed by atoms with Crippen LogP contribution >= 0.6 is 15.9 Å². The van der Waals surface area contributed by atoms with Gasteiger partial charge in [-0.3, -0.25) is 0 Å². The van der Waals surface area contributed by atoms with Gasteiger partial charge in [-0.15, -0.1) is 0 Å². The Bertz CT molecular complexity index is 258. The molecule has 1 aromatic rings. The Morgan fingerprint density at radius 3 is 2.57 bits per heavy atom. The van der Waals surface area contributed by atoms with Crippen molar-refractivity contribution in [2.24, 2.45) is 0 Å². The van der Waals surface area contributed by atoms with Crippen LogP contribution in [0.25, 0.3) is 0 Å². The highest BCUT2D eigenvalue weighted by Crippen LogP contribution is 2.12. The summed E-state index contributed by atoms with van der Waals surface area (Å²) in [5.74, 6) is 0. The smallest absolute Gasteiger partial charge is 0.0776 e. The van der Waals surface area contributed by atoms with E-state index in [1.165, 1.54) is 5.56 Å². The minimum Gasteiger partial charge on any atom is -0.391 e. The number of rotatable bonds is 5. The number of aryl methyl sites for hydroxylation is 1. The number of halogens is 1. The van der Waals surface area contributed by atoms with E-state index in [4.69, 9.17) is 4.74 Å². The summed E-state index contributed by atoms with van der Waals surface area (Å²) in [6.07, 6.45) is 1.27. The SMILES string of the molecule is COCC(O)CCc1ccc(Br)cc1. The Hall–Kier alpha value is -0.380. The molecule has 0 bridgehead atoms. The van der Waals surface area contributed by atoms with Gasteiger partial charge < -0.3 is 9.84 Å². The highest BCUT2D eigenvalue weighted by atomic mass is 79.9. The molecule has 0 aliphatic heterocycles. The molecule has 0 amide bonds. The van der Waals surface area contributed by atoms with Gasteiger partial charge in [-0.2, -0.15) is 0 Å². The van der Waals surface area contributed by atoms with E-state index >= 15 is 0 Å². The topological polar surface area (TPSA) is 29.5 Å². The summed E-state index contributed by atoms with van der Waals surface area (Å²) in [5.41, 5.74) is 1.24. The third-order valence-corrected chi connectivity index (χ3v) is 2.57. The Labute approximate surface area is 93.0 Å². The summed E-state index contributed by atoms with van der Waals surface area (Å²) in [4.78, 5) is 0. The maximum atomic E-state index is 9.43. The zero-order chi connectivity index (χ0) is 10.4. The van der Waals surface area contributed by atoms with Crippen LogP contribution in [0.5, 0.6) is 0 Å². The van der Waals surface area contributed by atoms with Crippen LogP contribution in [0.1, 0.15) is 12.0 Å². The van der Waals surface area contributed by atoms with Crippen LogP contribution < -0.4 is 0 Å². The van der Waals surface area contributed by atoms with E-state index in [0.29, 0.717) is 6.61 Å². The number of benzene rings is 1. The average molecular weight is 259 g/mol. The molecule has 0 aliphatic rings. The minimum absolute atomic E-state index is 0.358. The van der Waals surface area contributed by atoms with E-state index in [1.807, 2.05) is 12.1 Å². The van der Waals surface area contributed by atoms with Gasteiger partial charge in [-0.1, -0.05) is 28.1 Å². The van der Waals surface area contributed by atoms with Crippen LogP contribution in [0.15, 0.2) is 28.7 Å². The third-order valence-electron chi connectivity index (χ3n) is 2.04. The number of aliphatic hydroxyl groups excluding tert-OH is 1. The number of methoxy groups -OCH3 is 1. The van der Waals surface area contributed by atoms with Gasteiger partial charge in [0.1, 0.15) is 0 Å². The first-order valence-electron chi connectivity index (χ1n) is 4.64. The number of hydrogen-bond acceptors (Lipinski definition) is 2. The van der Waals surface area contributed by atoms with Crippen LogP contribution in [-0.2, 0) is 11.2 Å². The van der Waals surface area contributed by atoms with E-state index in [2.05, 4.69) is 28.1 Å². The van der Waals surface area contributed by atoms with Gasteiger partial charge in [0.25, 0.3) is 0 Å². The Morgan fingerprint density at radius 1 is 1.36 bits per heavy atom. The molecular weight excluding hydrogens is 244 g/mol. The molecule has 3 heteroatoms. The summed E-state index contributed by atoms with van der Waals surface area (Å²) in [5, 5.41) is 9.43. The molecule has 1 aromatic carbocycles. The van der Waals surface area contributed by atoms with Crippen LogP contribution in [0.2, 0.25) is 0 Å². The zero-order valence-electron chi connectivity index (χ0n) is 8.24. The maximum Gasteiger partial charge on any atom is 0.0776 e. The molecule has 1 atom stereocenters. The summed E-state index contributed by atoms with van der Waals surface area (Å²) >= 11 is 3.38. The molecule has 14 heavy (non-hydrogen) atoms. The molecule has 1 unspecified atom stereocenters. The normalized spacial score (nSPS) is 12.8. The van der Waals surface area contributed by atoms with Crippen LogP contribution in [0.3, 0.4) is 0 Å². The second-order valence-corrected chi connectivity index (χ2v) is 4.19. The van der Waals surface area contributed by atoms with E-state index in [-0.39, 0.29) is 6.10 Å². The van der Waals surface area contributed by atoms with Crippen molar-refractivity contribution in [3.63, 3.8) is 0 Å². The zero-order valence-corrected chi connectivity index (χ0v) is 9.83. The van der Waals surface area contributed by atoms with Gasteiger partial charge in [0, 0.05) is 11.6 Å². The number of aliphatic hydroxyl groups is 1. The van der Waals surface area contributed by atoms with E-state index < -0.39 is 0 Å². The van der Waals surface area contributed by atoms with Gasteiger partial charge in [0.05, 0.1) is 12.7 Å². The average Bonchev–Trinajstić information content (AvgIpc) is 2.17. The molecule has 0 saturated carbocycles. The molecular formula is C11H15BrO2. The molecule has 0 heterocycles. The summed E-state index contributed by atoms with van der Waals surface area (Å²) in [6.45, 7) is 0.413. The predicted octanol–water partition coefficient (Wildman–Crippen LogP) is 2.39. The highest BCUT2D eigenvalue weighted by molar-refractivity contribution is 9.10. The first-order valence-corrected chi connectivity index (χ1v) is 5.43. The van der Waals surface area contributed by atoms with Crippen LogP contribution in [-0.4, -0.2) is 24.9 Å². The summed E-state index contributed by atoms with van der Waals surface area (Å²) < 4.78 is 5.94. The van der Waals surface area contributed by atoms with Crippen molar-refractivity contribution in [1.29, 1.82) is 0 Å².